The second-order valence-corrected chi connectivity index (χ2v) is 5.23. The Hall–Kier alpha value is -1.61. The fourth-order valence-electron chi connectivity index (χ4n) is 2.30. The zero-order chi connectivity index (χ0) is 11.8. The molecule has 0 saturated carbocycles. The number of carbonyl (C=O) groups excluding carboxylic acids is 1. The normalized spacial score (nSPS) is 12.8. The van der Waals surface area contributed by atoms with Crippen molar-refractivity contribution in [3.05, 3.63) is 40.3 Å². The van der Waals surface area contributed by atoms with Crippen molar-refractivity contribution in [2.75, 3.05) is 7.11 Å². The molecule has 0 N–H and O–H groups in total. The van der Waals surface area contributed by atoms with Gasteiger partial charge in [-0.2, -0.15) is 0 Å². The number of methoxy groups -OCH3 is 1. The molecule has 0 amide bonds. The van der Waals surface area contributed by atoms with Crippen molar-refractivity contribution >= 4 is 17.6 Å². The van der Waals surface area contributed by atoms with E-state index in [-0.39, 0.29) is 0 Å². The molecule has 0 fully saturated rings. The minimum atomic E-state index is 0.811. The molecule has 0 radical (unpaired) electrons. The molecular formula is C14H12O2S. The fourth-order valence-corrected chi connectivity index (χ4v) is 3.38. The van der Waals surface area contributed by atoms with E-state index >= 15 is 0 Å². The number of aldehydes is 1. The first-order valence-corrected chi connectivity index (χ1v) is 6.38. The predicted molar refractivity (Wildman–Crippen MR) is 69.1 cm³/mol. The van der Waals surface area contributed by atoms with Crippen LogP contribution in [0.2, 0.25) is 0 Å². The Morgan fingerprint density at radius 3 is 2.82 bits per heavy atom. The van der Waals surface area contributed by atoms with Crippen LogP contribution in [0.1, 0.15) is 20.8 Å². The second-order valence-electron chi connectivity index (χ2n) is 4.14. The van der Waals surface area contributed by atoms with Crippen LogP contribution < -0.4 is 4.74 Å². The minimum Gasteiger partial charge on any atom is -0.497 e. The topological polar surface area (TPSA) is 26.3 Å². The van der Waals surface area contributed by atoms with Crippen molar-refractivity contribution in [1.29, 1.82) is 0 Å². The summed E-state index contributed by atoms with van der Waals surface area (Å²) in [5.41, 5.74) is 3.86. The Kier molecular flexibility index (Phi) is 2.48. The van der Waals surface area contributed by atoms with Crippen LogP contribution in [0.15, 0.2) is 24.3 Å². The van der Waals surface area contributed by atoms with Crippen LogP contribution in [0.25, 0.3) is 10.4 Å². The van der Waals surface area contributed by atoms with Crippen molar-refractivity contribution in [2.45, 2.75) is 12.8 Å². The predicted octanol–water partition coefficient (Wildman–Crippen LogP) is 3.33. The van der Waals surface area contributed by atoms with Gasteiger partial charge in [-0.05, 0) is 47.7 Å². The lowest BCUT2D eigenvalue weighted by Crippen LogP contribution is -2.01. The van der Waals surface area contributed by atoms with Gasteiger partial charge < -0.3 is 4.74 Å². The maximum Gasteiger partial charge on any atom is 0.160 e. The van der Waals surface area contributed by atoms with Crippen molar-refractivity contribution in [3.8, 4) is 16.2 Å². The van der Waals surface area contributed by atoms with E-state index < -0.39 is 0 Å². The second kappa shape index (κ2) is 4.00. The SMILES string of the molecule is COc1ccc2c(c1)-c1sc(C=O)cc1CC2. The molecule has 0 bridgehead atoms. The van der Waals surface area contributed by atoms with Crippen LogP contribution in [0.3, 0.4) is 0 Å². The highest BCUT2D eigenvalue weighted by atomic mass is 32.1. The average molecular weight is 244 g/mol. The maximum atomic E-state index is 10.8. The quantitative estimate of drug-likeness (QED) is 0.757. The zero-order valence-corrected chi connectivity index (χ0v) is 10.3. The summed E-state index contributed by atoms with van der Waals surface area (Å²) in [6.45, 7) is 0. The molecule has 1 aromatic heterocycles. The van der Waals surface area contributed by atoms with E-state index in [4.69, 9.17) is 4.74 Å². The Bertz CT molecular complexity index is 584. The molecule has 0 spiro atoms. The molecular weight excluding hydrogens is 232 g/mol. The maximum absolute atomic E-state index is 10.8. The van der Waals surface area contributed by atoms with Crippen molar-refractivity contribution in [3.63, 3.8) is 0 Å². The van der Waals surface area contributed by atoms with E-state index in [1.165, 1.54) is 21.6 Å². The molecule has 17 heavy (non-hydrogen) atoms. The number of ether oxygens (including phenoxy) is 1. The Morgan fingerprint density at radius 1 is 1.24 bits per heavy atom. The molecule has 3 heteroatoms. The van der Waals surface area contributed by atoms with Gasteiger partial charge in [0.2, 0.25) is 0 Å². The Balaban J connectivity index is 2.19. The summed E-state index contributed by atoms with van der Waals surface area (Å²) in [6.07, 6.45) is 3.00. The van der Waals surface area contributed by atoms with E-state index in [9.17, 15) is 4.79 Å². The summed E-state index contributed by atoms with van der Waals surface area (Å²) >= 11 is 1.57. The van der Waals surface area contributed by atoms with E-state index in [1.54, 1.807) is 18.4 Å². The highest BCUT2D eigenvalue weighted by Gasteiger charge is 2.19. The molecule has 2 nitrogen and oxygen atoms in total. The third kappa shape index (κ3) is 1.67. The van der Waals surface area contributed by atoms with Crippen LogP contribution >= 0.6 is 11.3 Å². The highest BCUT2D eigenvalue weighted by Crippen LogP contribution is 2.40. The number of carbonyl (C=O) groups is 1. The molecule has 86 valence electrons. The lowest BCUT2D eigenvalue weighted by molar-refractivity contribution is 0.112. The van der Waals surface area contributed by atoms with Gasteiger partial charge in [0.15, 0.2) is 6.29 Å². The molecule has 0 atom stereocenters. The van der Waals surface area contributed by atoms with Gasteiger partial charge in [-0.1, -0.05) is 6.07 Å². The molecule has 1 heterocycles. The van der Waals surface area contributed by atoms with Crippen LogP contribution in [0, 0.1) is 0 Å². The first-order chi connectivity index (χ1) is 8.31. The van der Waals surface area contributed by atoms with Crippen LogP contribution in [-0.2, 0) is 12.8 Å². The Labute approximate surface area is 104 Å². The van der Waals surface area contributed by atoms with E-state index in [1.807, 2.05) is 12.1 Å². The van der Waals surface area contributed by atoms with Gasteiger partial charge in [0.1, 0.15) is 5.75 Å². The number of benzene rings is 1. The summed E-state index contributed by atoms with van der Waals surface area (Å²) in [7, 11) is 1.68. The molecule has 0 aliphatic heterocycles. The third-order valence-corrected chi connectivity index (χ3v) is 4.31. The van der Waals surface area contributed by atoms with Crippen LogP contribution in [-0.4, -0.2) is 13.4 Å². The smallest absolute Gasteiger partial charge is 0.160 e. The average Bonchev–Trinajstić information content (AvgIpc) is 2.81. The number of rotatable bonds is 2. The number of fused-ring (bicyclic) bond motifs is 3. The van der Waals surface area contributed by atoms with Crippen molar-refractivity contribution in [1.82, 2.24) is 0 Å². The van der Waals surface area contributed by atoms with Gasteiger partial charge >= 0.3 is 0 Å². The van der Waals surface area contributed by atoms with Crippen molar-refractivity contribution in [2.24, 2.45) is 0 Å². The molecule has 1 aliphatic carbocycles. The number of hydrogen-bond acceptors (Lipinski definition) is 3. The minimum absolute atomic E-state index is 0.811. The third-order valence-electron chi connectivity index (χ3n) is 3.17. The number of thiophene rings is 1. The van der Waals surface area contributed by atoms with Gasteiger partial charge in [-0.25, -0.2) is 0 Å². The largest absolute Gasteiger partial charge is 0.497 e. The first kappa shape index (κ1) is 10.5. The van der Waals surface area contributed by atoms with Gasteiger partial charge in [-0.3, -0.25) is 4.79 Å². The van der Waals surface area contributed by atoms with Gasteiger partial charge in [0, 0.05) is 4.88 Å². The summed E-state index contributed by atoms with van der Waals surface area (Å²) in [6, 6.07) is 8.20. The summed E-state index contributed by atoms with van der Waals surface area (Å²) in [5.74, 6) is 0.873. The highest BCUT2D eigenvalue weighted by molar-refractivity contribution is 7.17. The van der Waals surface area contributed by atoms with Crippen LogP contribution in [0.5, 0.6) is 5.75 Å². The molecule has 0 unspecified atom stereocenters. The molecule has 1 aliphatic rings. The van der Waals surface area contributed by atoms with Gasteiger partial charge in [0.25, 0.3) is 0 Å². The summed E-state index contributed by atoms with van der Waals surface area (Å²) in [5, 5.41) is 0. The number of hydrogen-bond donors (Lipinski definition) is 0. The molecule has 3 rings (SSSR count). The molecule has 2 aromatic rings. The lowest BCUT2D eigenvalue weighted by atomic mass is 9.91. The van der Waals surface area contributed by atoms with E-state index in [0.717, 1.165) is 29.8 Å². The standard InChI is InChI=1S/C14H12O2S/c1-16-11-5-4-9-2-3-10-6-12(8-15)17-14(10)13(9)7-11/h4-8H,2-3H2,1H3. The van der Waals surface area contributed by atoms with Gasteiger partial charge in [-0.15, -0.1) is 11.3 Å². The lowest BCUT2D eigenvalue weighted by Gasteiger charge is -2.16. The van der Waals surface area contributed by atoms with E-state index in [2.05, 4.69) is 12.1 Å². The first-order valence-electron chi connectivity index (χ1n) is 5.57. The summed E-state index contributed by atoms with van der Waals surface area (Å²) < 4.78 is 5.26. The van der Waals surface area contributed by atoms with E-state index in [0.29, 0.717) is 0 Å². The number of aryl methyl sites for hydroxylation is 2. The monoisotopic (exact) mass is 244 g/mol. The van der Waals surface area contributed by atoms with Gasteiger partial charge in [0.05, 0.1) is 12.0 Å². The Morgan fingerprint density at radius 2 is 2.06 bits per heavy atom. The van der Waals surface area contributed by atoms with Crippen LogP contribution in [0.4, 0.5) is 0 Å². The molecule has 1 aromatic carbocycles. The van der Waals surface area contributed by atoms with Crippen molar-refractivity contribution < 1.29 is 9.53 Å². The zero-order valence-electron chi connectivity index (χ0n) is 9.53. The fraction of sp³-hybridized carbons (Fsp3) is 0.214. The molecule has 0 saturated heterocycles. The summed E-state index contributed by atoms with van der Waals surface area (Å²) in [4.78, 5) is 12.9.